The van der Waals surface area contributed by atoms with Crippen LogP contribution in [-0.2, 0) is 0 Å². The van der Waals surface area contributed by atoms with Crippen LogP contribution in [-0.4, -0.2) is 23.6 Å². The van der Waals surface area contributed by atoms with Crippen molar-refractivity contribution in [1.82, 2.24) is 5.32 Å². The van der Waals surface area contributed by atoms with Crippen LogP contribution in [0, 0.1) is 0 Å². The minimum atomic E-state index is 0.577. The molecule has 0 radical (unpaired) electrons. The van der Waals surface area contributed by atoms with Gasteiger partial charge in [0.05, 0.1) is 0 Å². The lowest BCUT2D eigenvalue weighted by atomic mass is 9.92. The normalized spacial score (nSPS) is 17.7. The van der Waals surface area contributed by atoms with Gasteiger partial charge in [-0.1, -0.05) is 90.9 Å². The van der Waals surface area contributed by atoms with Crippen LogP contribution in [0.15, 0.2) is 0 Å². The zero-order valence-electron chi connectivity index (χ0n) is 15.4. The summed E-state index contributed by atoms with van der Waals surface area (Å²) in [6.07, 6.45) is 20.1. The molecule has 22 heavy (non-hydrogen) atoms. The van der Waals surface area contributed by atoms with Crippen LogP contribution in [0.4, 0.5) is 0 Å². The Hall–Kier alpha value is 0.310. The second-order valence-corrected chi connectivity index (χ2v) is 8.81. The number of thioether (sulfide) groups is 1. The Bertz CT molecular complexity index is 218. The molecule has 0 aromatic carbocycles. The molecule has 0 saturated carbocycles. The van der Waals surface area contributed by atoms with Gasteiger partial charge in [-0.05, 0) is 12.8 Å². The molecule has 1 saturated heterocycles. The smallest absolute Gasteiger partial charge is 0.0285 e. The summed E-state index contributed by atoms with van der Waals surface area (Å²) >= 11 is 2.28. The molecule has 1 aliphatic rings. The van der Waals surface area contributed by atoms with E-state index in [0.717, 1.165) is 0 Å². The van der Waals surface area contributed by atoms with Gasteiger partial charge < -0.3 is 5.32 Å². The molecular formula is C20H41NS. The third kappa shape index (κ3) is 9.45. The van der Waals surface area contributed by atoms with Crippen molar-refractivity contribution in [2.45, 2.75) is 108 Å². The number of hydrogen-bond acceptors (Lipinski definition) is 2. The van der Waals surface area contributed by atoms with Crippen molar-refractivity contribution in [3.63, 3.8) is 0 Å². The average Bonchev–Trinajstić information content (AvgIpc) is 2.55. The molecular weight excluding hydrogens is 286 g/mol. The number of hydrogen-bond donors (Lipinski definition) is 1. The van der Waals surface area contributed by atoms with Gasteiger partial charge >= 0.3 is 0 Å². The van der Waals surface area contributed by atoms with Crippen LogP contribution in [0.2, 0.25) is 0 Å². The van der Waals surface area contributed by atoms with Crippen molar-refractivity contribution in [2.75, 3.05) is 18.8 Å². The maximum Gasteiger partial charge on any atom is 0.0285 e. The highest BCUT2D eigenvalue weighted by atomic mass is 32.2. The predicted octanol–water partition coefficient (Wildman–Crippen LogP) is 6.56. The molecule has 0 aromatic heterocycles. The van der Waals surface area contributed by atoms with Crippen LogP contribution < -0.4 is 5.32 Å². The second-order valence-electron chi connectivity index (χ2n) is 7.24. The van der Waals surface area contributed by atoms with Gasteiger partial charge in [-0.25, -0.2) is 0 Å². The molecule has 0 aliphatic carbocycles. The molecule has 1 heterocycles. The summed E-state index contributed by atoms with van der Waals surface area (Å²) in [5, 5.41) is 3.68. The second kappa shape index (κ2) is 13.7. The molecule has 2 heteroatoms. The summed E-state index contributed by atoms with van der Waals surface area (Å²) in [6, 6.07) is 0. The first-order valence-electron chi connectivity index (χ1n) is 10.2. The maximum absolute atomic E-state index is 3.68. The van der Waals surface area contributed by atoms with Crippen molar-refractivity contribution in [2.24, 2.45) is 0 Å². The summed E-state index contributed by atoms with van der Waals surface area (Å²) in [5.74, 6) is 1.33. The van der Waals surface area contributed by atoms with E-state index in [2.05, 4.69) is 30.9 Å². The van der Waals surface area contributed by atoms with Crippen LogP contribution in [0.3, 0.4) is 0 Å². The highest BCUT2D eigenvalue weighted by Gasteiger charge is 2.31. The summed E-state index contributed by atoms with van der Waals surface area (Å²) in [5.41, 5.74) is 0. The van der Waals surface area contributed by atoms with E-state index in [1.165, 1.54) is 109 Å². The fourth-order valence-corrected chi connectivity index (χ4v) is 5.07. The van der Waals surface area contributed by atoms with Crippen LogP contribution in [0.1, 0.15) is 104 Å². The largest absolute Gasteiger partial charge is 0.315 e. The third-order valence-electron chi connectivity index (χ3n) is 5.11. The molecule has 0 atom stereocenters. The summed E-state index contributed by atoms with van der Waals surface area (Å²) in [4.78, 5) is 0. The van der Waals surface area contributed by atoms with Crippen LogP contribution >= 0.6 is 11.8 Å². The molecule has 1 nitrogen and oxygen atoms in total. The fraction of sp³-hybridized carbons (Fsp3) is 1.00. The first kappa shape index (κ1) is 20.4. The van der Waals surface area contributed by atoms with Gasteiger partial charge in [0.2, 0.25) is 0 Å². The molecule has 1 N–H and O–H groups in total. The standard InChI is InChI=1S/C20H41NS/c1-3-5-7-9-11-13-15-20(19-21-17-18-22-20)16-14-12-10-8-6-4-2/h21H,3-19H2,1-2H3. The molecule has 0 unspecified atom stereocenters. The Morgan fingerprint density at radius 2 is 1.23 bits per heavy atom. The number of nitrogens with one attached hydrogen (secondary N) is 1. The van der Waals surface area contributed by atoms with E-state index in [-0.39, 0.29) is 0 Å². The number of unbranched alkanes of at least 4 members (excludes halogenated alkanes) is 10. The van der Waals surface area contributed by atoms with Crippen molar-refractivity contribution in [3.05, 3.63) is 0 Å². The van der Waals surface area contributed by atoms with Gasteiger partial charge in [0.15, 0.2) is 0 Å². The Balaban J connectivity index is 2.17. The highest BCUT2D eigenvalue weighted by molar-refractivity contribution is 8.00. The Morgan fingerprint density at radius 3 is 1.68 bits per heavy atom. The van der Waals surface area contributed by atoms with Crippen molar-refractivity contribution in [1.29, 1.82) is 0 Å². The Kier molecular flexibility index (Phi) is 12.7. The molecule has 0 spiro atoms. The zero-order valence-corrected chi connectivity index (χ0v) is 16.2. The summed E-state index contributed by atoms with van der Waals surface area (Å²) < 4.78 is 0.577. The monoisotopic (exact) mass is 327 g/mol. The SMILES string of the molecule is CCCCCCCCC1(CCCCCCCC)CNCCS1. The Morgan fingerprint density at radius 1 is 0.727 bits per heavy atom. The molecule has 1 aliphatic heterocycles. The lowest BCUT2D eigenvalue weighted by Crippen LogP contribution is -2.43. The molecule has 132 valence electrons. The minimum absolute atomic E-state index is 0.577. The van der Waals surface area contributed by atoms with E-state index in [1.54, 1.807) is 0 Å². The first-order chi connectivity index (χ1) is 10.8. The summed E-state index contributed by atoms with van der Waals surface area (Å²) in [7, 11) is 0. The van der Waals surface area contributed by atoms with E-state index in [0.29, 0.717) is 4.75 Å². The van der Waals surface area contributed by atoms with Gasteiger partial charge in [-0.2, -0.15) is 11.8 Å². The molecule has 0 aromatic rings. The van der Waals surface area contributed by atoms with Gasteiger partial charge in [-0.3, -0.25) is 0 Å². The zero-order chi connectivity index (χ0) is 15.9. The molecule has 0 bridgehead atoms. The fourth-order valence-electron chi connectivity index (χ4n) is 3.61. The van der Waals surface area contributed by atoms with Gasteiger partial charge in [0, 0.05) is 23.6 Å². The number of rotatable bonds is 14. The third-order valence-corrected chi connectivity index (χ3v) is 6.68. The van der Waals surface area contributed by atoms with E-state index >= 15 is 0 Å². The van der Waals surface area contributed by atoms with Crippen molar-refractivity contribution in [3.8, 4) is 0 Å². The van der Waals surface area contributed by atoms with Crippen molar-refractivity contribution >= 4 is 11.8 Å². The van der Waals surface area contributed by atoms with E-state index in [9.17, 15) is 0 Å². The van der Waals surface area contributed by atoms with E-state index in [4.69, 9.17) is 0 Å². The topological polar surface area (TPSA) is 12.0 Å². The van der Waals surface area contributed by atoms with Gasteiger partial charge in [0.25, 0.3) is 0 Å². The molecule has 1 rings (SSSR count). The van der Waals surface area contributed by atoms with E-state index in [1.807, 2.05) is 0 Å². The lowest BCUT2D eigenvalue weighted by Gasteiger charge is -2.37. The van der Waals surface area contributed by atoms with Crippen LogP contribution in [0.5, 0.6) is 0 Å². The highest BCUT2D eigenvalue weighted by Crippen LogP contribution is 2.37. The predicted molar refractivity (Wildman–Crippen MR) is 104 cm³/mol. The first-order valence-corrected chi connectivity index (χ1v) is 11.2. The van der Waals surface area contributed by atoms with Crippen molar-refractivity contribution < 1.29 is 0 Å². The molecule has 0 amide bonds. The van der Waals surface area contributed by atoms with Gasteiger partial charge in [-0.15, -0.1) is 0 Å². The van der Waals surface area contributed by atoms with Gasteiger partial charge in [0.1, 0.15) is 0 Å². The average molecular weight is 328 g/mol. The van der Waals surface area contributed by atoms with E-state index < -0.39 is 0 Å². The lowest BCUT2D eigenvalue weighted by molar-refractivity contribution is 0.414. The minimum Gasteiger partial charge on any atom is -0.315 e. The molecule has 1 fully saturated rings. The summed E-state index contributed by atoms with van der Waals surface area (Å²) in [6.45, 7) is 7.10. The quantitative estimate of drug-likeness (QED) is 0.362. The Labute approximate surface area is 144 Å². The maximum atomic E-state index is 3.68. The van der Waals surface area contributed by atoms with Crippen LogP contribution in [0.25, 0.3) is 0 Å².